The van der Waals surface area contributed by atoms with E-state index in [0.29, 0.717) is 16.4 Å². The van der Waals surface area contributed by atoms with Gasteiger partial charge in [0.1, 0.15) is 6.61 Å². The number of H-pyrrole nitrogens is 1. The van der Waals surface area contributed by atoms with E-state index in [1.54, 1.807) is 13.8 Å². The fraction of sp³-hybridized carbons (Fsp3) is 0.267. The van der Waals surface area contributed by atoms with E-state index in [1.807, 2.05) is 30.3 Å². The van der Waals surface area contributed by atoms with Crippen molar-refractivity contribution in [3.63, 3.8) is 0 Å². The average molecular weight is 304 g/mol. The second kappa shape index (κ2) is 7.08. The number of nitrogens with zero attached hydrogens (tertiary/aromatic N) is 1. The summed E-state index contributed by atoms with van der Waals surface area (Å²) in [5.41, 5.74) is 2.01. The van der Waals surface area contributed by atoms with Gasteiger partial charge in [0.15, 0.2) is 5.16 Å². The van der Waals surface area contributed by atoms with E-state index in [2.05, 4.69) is 9.97 Å². The van der Waals surface area contributed by atoms with E-state index in [4.69, 9.17) is 4.74 Å². The highest BCUT2D eigenvalue weighted by Crippen LogP contribution is 2.13. The molecule has 0 bridgehead atoms. The number of thioether (sulfide) groups is 1. The molecule has 0 saturated carbocycles. The van der Waals surface area contributed by atoms with Crippen molar-refractivity contribution in [3.8, 4) is 0 Å². The lowest BCUT2D eigenvalue weighted by Gasteiger charge is -2.05. The Morgan fingerprint density at radius 3 is 2.67 bits per heavy atom. The van der Waals surface area contributed by atoms with Crippen LogP contribution in [-0.2, 0) is 16.1 Å². The SMILES string of the molecule is Cc1nc(SCC(=O)OCc2ccccc2)[nH]c(=O)c1C. The first-order valence-corrected chi connectivity index (χ1v) is 7.44. The molecule has 0 atom stereocenters. The van der Waals surface area contributed by atoms with Crippen LogP contribution in [-0.4, -0.2) is 21.7 Å². The number of hydrogen-bond donors (Lipinski definition) is 1. The maximum Gasteiger partial charge on any atom is 0.316 e. The van der Waals surface area contributed by atoms with Gasteiger partial charge in [0.05, 0.1) is 5.75 Å². The predicted molar refractivity (Wildman–Crippen MR) is 81.3 cm³/mol. The first kappa shape index (κ1) is 15.3. The summed E-state index contributed by atoms with van der Waals surface area (Å²) < 4.78 is 5.15. The maximum atomic E-state index is 11.7. The van der Waals surface area contributed by atoms with Crippen LogP contribution in [0.25, 0.3) is 0 Å². The predicted octanol–water partition coefficient (Wildman–Crippen LogP) is 2.22. The lowest BCUT2D eigenvalue weighted by molar-refractivity contribution is -0.141. The van der Waals surface area contributed by atoms with Gasteiger partial charge in [-0.15, -0.1) is 0 Å². The van der Waals surface area contributed by atoms with E-state index < -0.39 is 0 Å². The van der Waals surface area contributed by atoms with Crippen molar-refractivity contribution in [3.05, 3.63) is 57.5 Å². The number of aryl methyl sites for hydroxylation is 1. The van der Waals surface area contributed by atoms with Crippen molar-refractivity contribution in [1.82, 2.24) is 9.97 Å². The highest BCUT2D eigenvalue weighted by Gasteiger charge is 2.08. The van der Waals surface area contributed by atoms with Gasteiger partial charge in [-0.05, 0) is 19.4 Å². The van der Waals surface area contributed by atoms with E-state index in [0.717, 1.165) is 17.3 Å². The fourth-order valence-corrected chi connectivity index (χ4v) is 2.30. The smallest absolute Gasteiger partial charge is 0.316 e. The molecule has 6 heteroatoms. The van der Waals surface area contributed by atoms with Gasteiger partial charge in [0.25, 0.3) is 5.56 Å². The number of ether oxygens (including phenoxy) is 1. The van der Waals surface area contributed by atoms with Gasteiger partial charge in [-0.3, -0.25) is 9.59 Å². The van der Waals surface area contributed by atoms with Gasteiger partial charge in [-0.25, -0.2) is 4.98 Å². The van der Waals surface area contributed by atoms with Crippen LogP contribution in [0.1, 0.15) is 16.8 Å². The Kier molecular flexibility index (Phi) is 5.16. The number of aromatic nitrogens is 2. The zero-order chi connectivity index (χ0) is 15.2. The minimum Gasteiger partial charge on any atom is -0.460 e. The topological polar surface area (TPSA) is 72.0 Å². The number of rotatable bonds is 5. The van der Waals surface area contributed by atoms with Gasteiger partial charge < -0.3 is 9.72 Å². The summed E-state index contributed by atoms with van der Waals surface area (Å²) in [7, 11) is 0. The van der Waals surface area contributed by atoms with Crippen molar-refractivity contribution in [2.75, 3.05) is 5.75 Å². The molecule has 0 aliphatic rings. The monoisotopic (exact) mass is 304 g/mol. The molecule has 0 radical (unpaired) electrons. The van der Waals surface area contributed by atoms with Crippen LogP contribution in [0.2, 0.25) is 0 Å². The van der Waals surface area contributed by atoms with Crippen LogP contribution in [0, 0.1) is 13.8 Å². The molecule has 0 amide bonds. The molecular weight excluding hydrogens is 288 g/mol. The van der Waals surface area contributed by atoms with Crippen molar-refractivity contribution in [1.29, 1.82) is 0 Å². The van der Waals surface area contributed by atoms with Gasteiger partial charge in [0, 0.05) is 11.3 Å². The molecule has 0 aliphatic carbocycles. The summed E-state index contributed by atoms with van der Waals surface area (Å²) in [6.07, 6.45) is 0. The summed E-state index contributed by atoms with van der Waals surface area (Å²) in [5, 5.41) is 0.430. The molecule has 5 nitrogen and oxygen atoms in total. The van der Waals surface area contributed by atoms with Gasteiger partial charge in [-0.2, -0.15) is 0 Å². The minimum atomic E-state index is -0.343. The number of aromatic amines is 1. The van der Waals surface area contributed by atoms with Crippen LogP contribution >= 0.6 is 11.8 Å². The normalized spacial score (nSPS) is 10.4. The molecule has 2 rings (SSSR count). The molecule has 1 heterocycles. The summed E-state index contributed by atoms with van der Waals surface area (Å²) in [6, 6.07) is 9.47. The molecule has 0 saturated heterocycles. The summed E-state index contributed by atoms with van der Waals surface area (Å²) >= 11 is 1.16. The van der Waals surface area contributed by atoms with Crippen molar-refractivity contribution in [2.45, 2.75) is 25.6 Å². The first-order chi connectivity index (χ1) is 10.1. The zero-order valence-electron chi connectivity index (χ0n) is 11.9. The Bertz CT molecular complexity index is 683. The van der Waals surface area contributed by atoms with Crippen molar-refractivity contribution in [2.24, 2.45) is 0 Å². The molecule has 1 aromatic heterocycles. The second-order valence-electron chi connectivity index (χ2n) is 4.52. The van der Waals surface area contributed by atoms with Crippen LogP contribution < -0.4 is 5.56 Å². The Morgan fingerprint density at radius 2 is 2.00 bits per heavy atom. The highest BCUT2D eigenvalue weighted by atomic mass is 32.2. The Balaban J connectivity index is 1.85. The van der Waals surface area contributed by atoms with Gasteiger partial charge in [0.2, 0.25) is 0 Å². The largest absolute Gasteiger partial charge is 0.460 e. The Morgan fingerprint density at radius 1 is 1.29 bits per heavy atom. The van der Waals surface area contributed by atoms with E-state index >= 15 is 0 Å². The molecular formula is C15H16N2O3S. The molecule has 21 heavy (non-hydrogen) atoms. The van der Waals surface area contributed by atoms with E-state index in [9.17, 15) is 9.59 Å². The Hall–Kier alpha value is -2.08. The van der Waals surface area contributed by atoms with Crippen LogP contribution in [0.15, 0.2) is 40.3 Å². The quantitative estimate of drug-likeness (QED) is 0.521. The average Bonchev–Trinajstić information content (AvgIpc) is 2.49. The maximum absolute atomic E-state index is 11.7. The van der Waals surface area contributed by atoms with Crippen LogP contribution in [0.5, 0.6) is 0 Å². The molecule has 0 unspecified atom stereocenters. The van der Waals surface area contributed by atoms with E-state index in [-0.39, 0.29) is 23.9 Å². The number of nitrogens with one attached hydrogen (secondary N) is 1. The lowest BCUT2D eigenvalue weighted by Crippen LogP contribution is -2.15. The number of carbonyl (C=O) groups is 1. The molecule has 1 N–H and O–H groups in total. The van der Waals surface area contributed by atoms with Gasteiger partial charge >= 0.3 is 5.97 Å². The molecule has 0 fully saturated rings. The minimum absolute atomic E-state index is 0.109. The molecule has 110 valence electrons. The number of hydrogen-bond acceptors (Lipinski definition) is 5. The van der Waals surface area contributed by atoms with E-state index in [1.165, 1.54) is 0 Å². The fourth-order valence-electron chi connectivity index (χ4n) is 1.59. The third kappa shape index (κ3) is 4.46. The Labute approximate surface area is 126 Å². The van der Waals surface area contributed by atoms with Crippen molar-refractivity contribution >= 4 is 17.7 Å². The summed E-state index contributed by atoms with van der Waals surface area (Å²) in [6.45, 7) is 3.73. The lowest BCUT2D eigenvalue weighted by atomic mass is 10.2. The van der Waals surface area contributed by atoms with Gasteiger partial charge in [-0.1, -0.05) is 42.1 Å². The third-order valence-corrected chi connectivity index (χ3v) is 3.79. The summed E-state index contributed by atoms with van der Waals surface area (Å²) in [5.74, 6) is -0.233. The first-order valence-electron chi connectivity index (χ1n) is 6.46. The molecule has 2 aromatic rings. The number of benzene rings is 1. The highest BCUT2D eigenvalue weighted by molar-refractivity contribution is 7.99. The van der Waals surface area contributed by atoms with Crippen LogP contribution in [0.3, 0.4) is 0 Å². The second-order valence-corrected chi connectivity index (χ2v) is 5.48. The standard InChI is InChI=1S/C15H16N2O3S/c1-10-11(2)16-15(17-14(10)19)21-9-13(18)20-8-12-6-4-3-5-7-12/h3-7H,8-9H2,1-2H3,(H,16,17,19). The van der Waals surface area contributed by atoms with Crippen molar-refractivity contribution < 1.29 is 9.53 Å². The summed E-state index contributed by atoms with van der Waals surface area (Å²) in [4.78, 5) is 30.1. The molecule has 0 aliphatic heterocycles. The zero-order valence-corrected chi connectivity index (χ0v) is 12.7. The number of carbonyl (C=O) groups excluding carboxylic acids is 1. The van der Waals surface area contributed by atoms with Crippen LogP contribution in [0.4, 0.5) is 0 Å². The number of esters is 1. The third-order valence-electron chi connectivity index (χ3n) is 2.94. The molecule has 0 spiro atoms. The molecule has 1 aromatic carbocycles.